The summed E-state index contributed by atoms with van der Waals surface area (Å²) in [7, 11) is 0. The zero-order valence-electron chi connectivity index (χ0n) is 11.3. The summed E-state index contributed by atoms with van der Waals surface area (Å²) < 4.78 is 12.9. The van der Waals surface area contributed by atoms with E-state index in [9.17, 15) is 9.50 Å². The second kappa shape index (κ2) is 5.40. The molecule has 2 rings (SSSR count). The molecule has 1 saturated carbocycles. The van der Waals surface area contributed by atoms with Crippen molar-refractivity contribution in [3.05, 3.63) is 35.6 Å². The second-order valence-corrected chi connectivity index (χ2v) is 6.13. The van der Waals surface area contributed by atoms with Crippen LogP contribution in [0, 0.1) is 17.7 Å². The monoisotopic (exact) mass is 250 g/mol. The van der Waals surface area contributed by atoms with Gasteiger partial charge in [-0.05, 0) is 49.3 Å². The third-order valence-corrected chi connectivity index (χ3v) is 4.29. The van der Waals surface area contributed by atoms with Crippen molar-refractivity contribution in [3.8, 4) is 0 Å². The van der Waals surface area contributed by atoms with Gasteiger partial charge in [0.1, 0.15) is 5.82 Å². The van der Waals surface area contributed by atoms with Crippen LogP contribution in [0.2, 0.25) is 0 Å². The van der Waals surface area contributed by atoms with E-state index < -0.39 is 5.60 Å². The van der Waals surface area contributed by atoms with Crippen LogP contribution >= 0.6 is 0 Å². The minimum Gasteiger partial charge on any atom is -0.390 e. The molecule has 1 aliphatic carbocycles. The maximum Gasteiger partial charge on any atom is 0.123 e. The molecule has 0 aliphatic heterocycles. The van der Waals surface area contributed by atoms with Crippen LogP contribution in [0.4, 0.5) is 4.39 Å². The van der Waals surface area contributed by atoms with Crippen molar-refractivity contribution in [1.82, 2.24) is 0 Å². The molecule has 1 aliphatic rings. The summed E-state index contributed by atoms with van der Waals surface area (Å²) >= 11 is 0. The molecule has 18 heavy (non-hydrogen) atoms. The lowest BCUT2D eigenvalue weighted by molar-refractivity contribution is -0.0238. The number of rotatable bonds is 3. The predicted molar refractivity (Wildman–Crippen MR) is 71.8 cm³/mol. The molecule has 0 radical (unpaired) electrons. The Kier molecular flexibility index (Phi) is 4.06. The molecular weight excluding hydrogens is 227 g/mol. The number of hydrogen-bond acceptors (Lipinski definition) is 1. The highest BCUT2D eigenvalue weighted by Crippen LogP contribution is 2.37. The minimum absolute atomic E-state index is 0.218. The van der Waals surface area contributed by atoms with Gasteiger partial charge in [0.05, 0.1) is 5.60 Å². The molecule has 1 nitrogen and oxygen atoms in total. The van der Waals surface area contributed by atoms with Gasteiger partial charge in [-0.15, -0.1) is 0 Å². The largest absolute Gasteiger partial charge is 0.390 e. The van der Waals surface area contributed by atoms with Gasteiger partial charge >= 0.3 is 0 Å². The average molecular weight is 250 g/mol. The SMILES string of the molecule is CC1CCCC(C(C)(O)Cc2ccc(F)cc2)C1. The van der Waals surface area contributed by atoms with Crippen LogP contribution in [0.5, 0.6) is 0 Å². The fraction of sp³-hybridized carbons (Fsp3) is 0.625. The number of halogens is 1. The Morgan fingerprint density at radius 3 is 2.56 bits per heavy atom. The molecule has 1 aromatic rings. The van der Waals surface area contributed by atoms with E-state index >= 15 is 0 Å². The Bertz CT molecular complexity index is 383. The number of hydrogen-bond donors (Lipinski definition) is 1. The smallest absolute Gasteiger partial charge is 0.123 e. The topological polar surface area (TPSA) is 20.2 Å². The highest BCUT2D eigenvalue weighted by Gasteiger charge is 2.34. The molecule has 2 heteroatoms. The van der Waals surface area contributed by atoms with E-state index in [-0.39, 0.29) is 5.82 Å². The maximum atomic E-state index is 12.9. The van der Waals surface area contributed by atoms with Crippen molar-refractivity contribution in [3.63, 3.8) is 0 Å². The van der Waals surface area contributed by atoms with Gasteiger partial charge < -0.3 is 5.11 Å². The highest BCUT2D eigenvalue weighted by molar-refractivity contribution is 5.18. The summed E-state index contributed by atoms with van der Waals surface area (Å²) in [5.41, 5.74) is 0.339. The molecule has 1 N–H and O–H groups in total. The van der Waals surface area contributed by atoms with Gasteiger partial charge in [-0.1, -0.05) is 31.9 Å². The van der Waals surface area contributed by atoms with E-state index in [1.54, 1.807) is 12.1 Å². The quantitative estimate of drug-likeness (QED) is 0.861. The first-order valence-corrected chi connectivity index (χ1v) is 6.94. The van der Waals surface area contributed by atoms with Gasteiger partial charge in [-0.2, -0.15) is 0 Å². The molecule has 0 saturated heterocycles. The summed E-state index contributed by atoms with van der Waals surface area (Å²) in [5, 5.41) is 10.7. The van der Waals surface area contributed by atoms with Gasteiger partial charge in [-0.25, -0.2) is 4.39 Å². The summed E-state index contributed by atoms with van der Waals surface area (Å²) in [4.78, 5) is 0. The van der Waals surface area contributed by atoms with Crippen molar-refractivity contribution in [2.45, 2.75) is 51.6 Å². The zero-order chi connectivity index (χ0) is 13.2. The van der Waals surface area contributed by atoms with Crippen molar-refractivity contribution >= 4 is 0 Å². The third-order valence-electron chi connectivity index (χ3n) is 4.29. The molecule has 0 aromatic heterocycles. The summed E-state index contributed by atoms with van der Waals surface area (Å²) in [6, 6.07) is 6.48. The Balaban J connectivity index is 2.03. The average Bonchev–Trinajstić information content (AvgIpc) is 2.32. The van der Waals surface area contributed by atoms with Gasteiger partial charge in [0.25, 0.3) is 0 Å². The van der Waals surface area contributed by atoms with Crippen molar-refractivity contribution in [2.75, 3.05) is 0 Å². The minimum atomic E-state index is -0.674. The van der Waals surface area contributed by atoms with Crippen molar-refractivity contribution in [2.24, 2.45) is 11.8 Å². The van der Waals surface area contributed by atoms with Crippen LogP contribution in [-0.2, 0) is 6.42 Å². The Morgan fingerprint density at radius 1 is 1.28 bits per heavy atom. The summed E-state index contributed by atoms with van der Waals surface area (Å²) in [6.45, 7) is 4.19. The first-order chi connectivity index (χ1) is 8.47. The summed E-state index contributed by atoms with van der Waals surface area (Å²) in [5.74, 6) is 0.861. The Labute approximate surface area is 109 Å². The van der Waals surface area contributed by atoms with Crippen LogP contribution in [-0.4, -0.2) is 10.7 Å². The Morgan fingerprint density at radius 2 is 1.94 bits per heavy atom. The lowest BCUT2D eigenvalue weighted by Crippen LogP contribution is -2.39. The Hall–Kier alpha value is -0.890. The van der Waals surface area contributed by atoms with E-state index in [1.807, 2.05) is 6.92 Å². The fourth-order valence-electron chi connectivity index (χ4n) is 3.16. The fourth-order valence-corrected chi connectivity index (χ4v) is 3.16. The number of aliphatic hydroxyl groups is 1. The van der Waals surface area contributed by atoms with Crippen LogP contribution < -0.4 is 0 Å². The molecule has 3 atom stereocenters. The first-order valence-electron chi connectivity index (χ1n) is 6.94. The summed E-state index contributed by atoms with van der Waals surface area (Å²) in [6.07, 6.45) is 5.33. The molecule has 0 amide bonds. The van der Waals surface area contributed by atoms with Crippen LogP contribution in [0.25, 0.3) is 0 Å². The van der Waals surface area contributed by atoms with E-state index in [1.165, 1.54) is 25.0 Å². The van der Waals surface area contributed by atoms with E-state index in [0.717, 1.165) is 18.4 Å². The van der Waals surface area contributed by atoms with Crippen molar-refractivity contribution in [1.29, 1.82) is 0 Å². The van der Waals surface area contributed by atoms with E-state index in [0.29, 0.717) is 18.3 Å². The van der Waals surface area contributed by atoms with Crippen molar-refractivity contribution < 1.29 is 9.50 Å². The number of benzene rings is 1. The highest BCUT2D eigenvalue weighted by atomic mass is 19.1. The third kappa shape index (κ3) is 3.32. The van der Waals surface area contributed by atoms with Gasteiger partial charge in [-0.3, -0.25) is 0 Å². The van der Waals surface area contributed by atoms with Gasteiger partial charge in [0.2, 0.25) is 0 Å². The zero-order valence-corrected chi connectivity index (χ0v) is 11.3. The van der Waals surface area contributed by atoms with E-state index in [2.05, 4.69) is 6.92 Å². The lowest BCUT2D eigenvalue weighted by atomic mass is 9.72. The molecule has 3 unspecified atom stereocenters. The van der Waals surface area contributed by atoms with Crippen LogP contribution in [0.3, 0.4) is 0 Å². The second-order valence-electron chi connectivity index (χ2n) is 6.13. The maximum absolute atomic E-state index is 12.9. The molecule has 100 valence electrons. The molecule has 0 heterocycles. The van der Waals surface area contributed by atoms with Gasteiger partial charge in [0, 0.05) is 6.42 Å². The molecule has 0 spiro atoms. The predicted octanol–water partition coefficient (Wildman–Crippen LogP) is 3.95. The van der Waals surface area contributed by atoms with Crippen LogP contribution in [0.15, 0.2) is 24.3 Å². The molecule has 1 fully saturated rings. The lowest BCUT2D eigenvalue weighted by Gasteiger charge is -2.38. The van der Waals surface area contributed by atoms with Crippen LogP contribution in [0.1, 0.15) is 45.1 Å². The normalized spacial score (nSPS) is 27.8. The molecular formula is C16H23FO. The molecule has 1 aromatic carbocycles. The first kappa shape index (κ1) is 13.5. The molecule has 0 bridgehead atoms. The standard InChI is InChI=1S/C16H23FO/c1-12-4-3-5-14(10-12)16(2,18)11-13-6-8-15(17)9-7-13/h6-9,12,14,18H,3-5,10-11H2,1-2H3. The van der Waals surface area contributed by atoms with Gasteiger partial charge in [0.15, 0.2) is 0 Å². The van der Waals surface area contributed by atoms with E-state index in [4.69, 9.17) is 0 Å².